The summed E-state index contributed by atoms with van der Waals surface area (Å²) in [7, 11) is 3.11. The molecule has 1 unspecified atom stereocenters. The highest BCUT2D eigenvalue weighted by molar-refractivity contribution is 5.78. The number of benzene rings is 1. The van der Waals surface area contributed by atoms with Gasteiger partial charge in [0.15, 0.2) is 0 Å². The van der Waals surface area contributed by atoms with Crippen molar-refractivity contribution in [1.29, 1.82) is 0 Å². The molecule has 0 bridgehead atoms. The second-order valence-corrected chi connectivity index (χ2v) is 7.32. The number of carbonyl (C=O) groups is 2. The smallest absolute Gasteiger partial charge is 0.410 e. The molecule has 1 atom stereocenters. The molecule has 0 aliphatic carbocycles. The summed E-state index contributed by atoms with van der Waals surface area (Å²) >= 11 is 0. The molecule has 0 aliphatic rings. The Kier molecular flexibility index (Phi) is 6.81. The number of carbonyl (C=O) groups excluding carboxylic acids is 2. The highest BCUT2D eigenvalue weighted by Gasteiger charge is 2.25. The summed E-state index contributed by atoms with van der Waals surface area (Å²) in [5.41, 5.74) is 1.38. The number of hydrogen-bond acceptors (Lipinski definition) is 4. The summed E-state index contributed by atoms with van der Waals surface area (Å²) in [6.45, 7) is 9.95. The summed E-state index contributed by atoms with van der Waals surface area (Å²) < 4.78 is 10.2. The lowest BCUT2D eigenvalue weighted by atomic mass is 9.88. The predicted octanol–water partition coefficient (Wildman–Crippen LogP) is 3.97. The Morgan fingerprint density at radius 2 is 1.67 bits per heavy atom. The van der Waals surface area contributed by atoms with Gasteiger partial charge in [0.2, 0.25) is 0 Å². The molecule has 1 aromatic rings. The quantitative estimate of drug-likeness (QED) is 0.764. The van der Waals surface area contributed by atoms with Crippen LogP contribution in [0.4, 0.5) is 4.79 Å². The molecular formula is C19H29NO4. The van der Waals surface area contributed by atoms with E-state index in [2.05, 4.69) is 0 Å². The van der Waals surface area contributed by atoms with Gasteiger partial charge < -0.3 is 14.4 Å². The van der Waals surface area contributed by atoms with E-state index in [1.807, 2.05) is 58.9 Å². The Morgan fingerprint density at radius 1 is 1.12 bits per heavy atom. The van der Waals surface area contributed by atoms with Crippen LogP contribution in [0.15, 0.2) is 24.3 Å². The molecule has 134 valence electrons. The summed E-state index contributed by atoms with van der Waals surface area (Å²) in [4.78, 5) is 25.5. The molecule has 1 amide bonds. The van der Waals surface area contributed by atoms with E-state index in [4.69, 9.17) is 9.47 Å². The third-order valence-electron chi connectivity index (χ3n) is 3.59. The van der Waals surface area contributed by atoms with Crippen LogP contribution in [-0.2, 0) is 20.8 Å². The third-order valence-corrected chi connectivity index (χ3v) is 3.59. The van der Waals surface area contributed by atoms with Crippen molar-refractivity contribution in [3.8, 4) is 0 Å². The molecule has 0 aromatic heterocycles. The Morgan fingerprint density at radius 3 is 2.08 bits per heavy atom. The van der Waals surface area contributed by atoms with E-state index in [0.717, 1.165) is 11.1 Å². The zero-order valence-electron chi connectivity index (χ0n) is 15.8. The molecule has 1 rings (SSSR count). The first-order valence-electron chi connectivity index (χ1n) is 8.16. The predicted molar refractivity (Wildman–Crippen MR) is 93.7 cm³/mol. The van der Waals surface area contributed by atoms with Crippen LogP contribution in [0, 0.1) is 5.92 Å². The molecule has 24 heavy (non-hydrogen) atoms. The molecule has 0 heterocycles. The number of ether oxygens (including phenoxy) is 2. The van der Waals surface area contributed by atoms with Gasteiger partial charge >= 0.3 is 12.1 Å². The minimum absolute atomic E-state index is 0.146. The van der Waals surface area contributed by atoms with Crippen molar-refractivity contribution in [3.05, 3.63) is 35.4 Å². The van der Waals surface area contributed by atoms with Crippen molar-refractivity contribution in [2.24, 2.45) is 5.92 Å². The first-order valence-corrected chi connectivity index (χ1v) is 8.16. The highest BCUT2D eigenvalue weighted by Crippen LogP contribution is 2.26. The van der Waals surface area contributed by atoms with Gasteiger partial charge in [-0.1, -0.05) is 38.1 Å². The summed E-state index contributed by atoms with van der Waals surface area (Å²) in [5.74, 6) is -0.371. The Hall–Kier alpha value is -2.04. The van der Waals surface area contributed by atoms with E-state index < -0.39 is 5.60 Å². The van der Waals surface area contributed by atoms with Gasteiger partial charge in [-0.25, -0.2) is 4.79 Å². The van der Waals surface area contributed by atoms with E-state index >= 15 is 0 Å². The van der Waals surface area contributed by atoms with Crippen molar-refractivity contribution in [2.75, 3.05) is 14.2 Å². The maximum Gasteiger partial charge on any atom is 0.410 e. The van der Waals surface area contributed by atoms with E-state index in [1.54, 1.807) is 7.05 Å². The molecule has 0 fully saturated rings. The van der Waals surface area contributed by atoms with Crippen LogP contribution in [0.2, 0.25) is 0 Å². The monoisotopic (exact) mass is 335 g/mol. The number of hydrogen-bond donors (Lipinski definition) is 0. The van der Waals surface area contributed by atoms with Gasteiger partial charge in [0.05, 0.1) is 13.0 Å². The topological polar surface area (TPSA) is 55.8 Å². The largest absolute Gasteiger partial charge is 0.469 e. The lowest BCUT2D eigenvalue weighted by Gasteiger charge is -2.25. The molecule has 0 saturated heterocycles. The number of methoxy groups -OCH3 is 1. The maximum atomic E-state index is 12.0. The molecule has 5 nitrogen and oxygen atoms in total. The maximum absolute atomic E-state index is 12.0. The first kappa shape index (κ1) is 20.0. The van der Waals surface area contributed by atoms with E-state index in [1.165, 1.54) is 12.0 Å². The molecule has 0 spiro atoms. The minimum atomic E-state index is -0.514. The van der Waals surface area contributed by atoms with Crippen LogP contribution in [0.25, 0.3) is 0 Å². The van der Waals surface area contributed by atoms with E-state index in [-0.39, 0.29) is 23.9 Å². The van der Waals surface area contributed by atoms with Gasteiger partial charge in [0, 0.05) is 13.6 Å². The summed E-state index contributed by atoms with van der Waals surface area (Å²) in [6.07, 6.45) is -0.360. The van der Waals surface area contributed by atoms with Gasteiger partial charge in [-0.2, -0.15) is 0 Å². The van der Waals surface area contributed by atoms with Crippen LogP contribution < -0.4 is 0 Å². The van der Waals surface area contributed by atoms with Gasteiger partial charge in [-0.05, 0) is 37.8 Å². The number of amides is 1. The Bertz CT molecular complexity index is 558. The van der Waals surface area contributed by atoms with Crippen LogP contribution in [0.3, 0.4) is 0 Å². The van der Waals surface area contributed by atoms with Crippen LogP contribution >= 0.6 is 0 Å². The summed E-state index contributed by atoms with van der Waals surface area (Å²) in [6, 6.07) is 7.68. The van der Waals surface area contributed by atoms with Crippen molar-refractivity contribution in [2.45, 2.75) is 52.7 Å². The lowest BCUT2D eigenvalue weighted by Crippen LogP contribution is -2.33. The van der Waals surface area contributed by atoms with Gasteiger partial charge in [-0.3, -0.25) is 4.79 Å². The first-order chi connectivity index (χ1) is 11.0. The van der Waals surface area contributed by atoms with Crippen molar-refractivity contribution in [1.82, 2.24) is 4.90 Å². The molecule has 1 aromatic carbocycles. The molecular weight excluding hydrogens is 306 g/mol. The zero-order chi connectivity index (χ0) is 18.5. The lowest BCUT2D eigenvalue weighted by molar-refractivity contribution is -0.143. The van der Waals surface area contributed by atoms with Crippen molar-refractivity contribution < 1.29 is 19.1 Å². The zero-order valence-corrected chi connectivity index (χ0v) is 15.8. The molecule has 0 saturated carbocycles. The van der Waals surface area contributed by atoms with Gasteiger partial charge in [-0.15, -0.1) is 0 Å². The van der Waals surface area contributed by atoms with Gasteiger partial charge in [0.1, 0.15) is 5.60 Å². The van der Waals surface area contributed by atoms with Crippen molar-refractivity contribution in [3.63, 3.8) is 0 Å². The second kappa shape index (κ2) is 8.18. The molecule has 0 N–H and O–H groups in total. The SMILES string of the molecule is COC(=O)C(c1ccc(CN(C)C(=O)OC(C)(C)C)cc1)C(C)C. The number of nitrogens with zero attached hydrogens (tertiary/aromatic N) is 1. The number of rotatable bonds is 5. The van der Waals surface area contributed by atoms with Gasteiger partial charge in [0.25, 0.3) is 0 Å². The average Bonchev–Trinajstić information content (AvgIpc) is 2.46. The fourth-order valence-electron chi connectivity index (χ4n) is 2.43. The molecule has 0 aliphatic heterocycles. The van der Waals surface area contributed by atoms with Crippen LogP contribution in [-0.4, -0.2) is 36.7 Å². The van der Waals surface area contributed by atoms with Crippen LogP contribution in [0.1, 0.15) is 51.7 Å². The Balaban J connectivity index is 2.80. The third kappa shape index (κ3) is 5.87. The molecule has 5 heteroatoms. The normalized spacial score (nSPS) is 12.7. The highest BCUT2D eigenvalue weighted by atomic mass is 16.6. The van der Waals surface area contributed by atoms with Crippen molar-refractivity contribution >= 4 is 12.1 Å². The van der Waals surface area contributed by atoms with Crippen LogP contribution in [0.5, 0.6) is 0 Å². The standard InChI is InChI=1S/C19H29NO4/c1-13(2)16(17(21)23-7)15-10-8-14(9-11-15)12-20(6)18(22)24-19(3,4)5/h8-11,13,16H,12H2,1-7H3. The Labute approximate surface area is 144 Å². The van der Waals surface area contributed by atoms with E-state index in [9.17, 15) is 9.59 Å². The second-order valence-electron chi connectivity index (χ2n) is 7.32. The fraction of sp³-hybridized carbons (Fsp3) is 0.579. The summed E-state index contributed by atoms with van der Waals surface area (Å²) in [5, 5.41) is 0. The number of esters is 1. The minimum Gasteiger partial charge on any atom is -0.469 e. The molecule has 0 radical (unpaired) electrons. The fourth-order valence-corrected chi connectivity index (χ4v) is 2.43. The van der Waals surface area contributed by atoms with E-state index in [0.29, 0.717) is 6.54 Å². The average molecular weight is 335 g/mol.